The Kier molecular flexibility index (Phi) is 3.50. The Morgan fingerprint density at radius 3 is 1.70 bits per heavy atom. The zero-order valence-electron chi connectivity index (χ0n) is 11.2. The summed E-state index contributed by atoms with van der Waals surface area (Å²) < 4.78 is 1.06. The van der Waals surface area contributed by atoms with E-state index in [2.05, 4.69) is 28.1 Å². The Labute approximate surface area is 126 Å². The third-order valence-corrected chi connectivity index (χ3v) is 4.56. The molecule has 3 N–H and O–H groups in total. The second-order valence-corrected chi connectivity index (χ2v) is 5.92. The lowest BCUT2D eigenvalue weighted by atomic mass is 9.91. The van der Waals surface area contributed by atoms with E-state index in [4.69, 9.17) is 5.73 Å². The van der Waals surface area contributed by atoms with Crippen LogP contribution in [-0.2, 0) is 0 Å². The van der Waals surface area contributed by atoms with Gasteiger partial charge in [-0.2, -0.15) is 0 Å². The van der Waals surface area contributed by atoms with E-state index in [1.807, 2.05) is 43.3 Å². The average Bonchev–Trinajstić information content (AvgIpc) is 2.47. The van der Waals surface area contributed by atoms with E-state index in [1.54, 1.807) is 0 Å². The van der Waals surface area contributed by atoms with Gasteiger partial charge in [0.1, 0.15) is 0 Å². The molecule has 102 valence electrons. The number of hydrogen-bond donors (Lipinski definition) is 2. The summed E-state index contributed by atoms with van der Waals surface area (Å²) in [5.41, 5.74) is 6.84. The molecular formula is C17H16BrNO. The highest BCUT2D eigenvalue weighted by molar-refractivity contribution is 9.10. The lowest BCUT2D eigenvalue weighted by Crippen LogP contribution is -2.24. The van der Waals surface area contributed by atoms with Crippen molar-refractivity contribution in [3.63, 3.8) is 0 Å². The molecule has 0 amide bonds. The fourth-order valence-electron chi connectivity index (χ4n) is 2.69. The van der Waals surface area contributed by atoms with Crippen LogP contribution in [-0.4, -0.2) is 11.1 Å². The van der Waals surface area contributed by atoms with Gasteiger partial charge in [-0.3, -0.25) is 0 Å². The van der Waals surface area contributed by atoms with Crippen LogP contribution in [0.25, 0.3) is 21.5 Å². The Hall–Kier alpha value is -1.42. The number of aliphatic hydroxyl groups excluding tert-OH is 1. The summed E-state index contributed by atoms with van der Waals surface area (Å²) in [6, 6.07) is 15.9. The van der Waals surface area contributed by atoms with Gasteiger partial charge in [0.25, 0.3) is 0 Å². The second kappa shape index (κ2) is 5.17. The maximum absolute atomic E-state index is 10.5. The van der Waals surface area contributed by atoms with E-state index in [1.165, 1.54) is 0 Å². The van der Waals surface area contributed by atoms with Crippen molar-refractivity contribution in [2.45, 2.75) is 19.1 Å². The summed E-state index contributed by atoms with van der Waals surface area (Å²) in [7, 11) is 0. The molecule has 0 spiro atoms. The van der Waals surface area contributed by atoms with Crippen molar-refractivity contribution < 1.29 is 5.11 Å². The second-order valence-electron chi connectivity index (χ2n) is 5.12. The lowest BCUT2D eigenvalue weighted by molar-refractivity contribution is 0.156. The smallest absolute Gasteiger partial charge is 0.0950 e. The number of fused-ring (bicyclic) bond motifs is 2. The fourth-order valence-corrected chi connectivity index (χ4v) is 3.38. The van der Waals surface area contributed by atoms with Crippen LogP contribution in [0.1, 0.15) is 18.6 Å². The molecule has 0 heterocycles. The fraction of sp³-hybridized carbons (Fsp3) is 0.176. The molecule has 0 saturated heterocycles. The first-order valence-corrected chi connectivity index (χ1v) is 7.43. The SMILES string of the molecule is C[C@H](N)[C@H](O)c1c2ccccc2c(Br)c2ccccc12. The van der Waals surface area contributed by atoms with Gasteiger partial charge >= 0.3 is 0 Å². The van der Waals surface area contributed by atoms with E-state index in [0.717, 1.165) is 31.6 Å². The Balaban J connectivity index is 2.53. The first kappa shape index (κ1) is 13.6. The molecular weight excluding hydrogens is 314 g/mol. The van der Waals surface area contributed by atoms with Gasteiger partial charge in [0.05, 0.1) is 6.10 Å². The van der Waals surface area contributed by atoms with E-state index in [-0.39, 0.29) is 6.04 Å². The summed E-state index contributed by atoms with van der Waals surface area (Å²) in [5, 5.41) is 14.8. The molecule has 3 rings (SSSR count). The van der Waals surface area contributed by atoms with E-state index < -0.39 is 6.10 Å². The van der Waals surface area contributed by atoms with Crippen molar-refractivity contribution in [3.8, 4) is 0 Å². The first-order valence-electron chi connectivity index (χ1n) is 6.63. The van der Waals surface area contributed by atoms with E-state index in [0.29, 0.717) is 0 Å². The Bertz CT molecular complexity index is 725. The normalized spacial score (nSPS) is 14.6. The predicted molar refractivity (Wildman–Crippen MR) is 87.8 cm³/mol. The van der Waals surface area contributed by atoms with Gasteiger partial charge in [-0.15, -0.1) is 0 Å². The van der Waals surface area contributed by atoms with Crippen LogP contribution in [0.4, 0.5) is 0 Å². The molecule has 0 aromatic heterocycles. The van der Waals surface area contributed by atoms with Crippen molar-refractivity contribution in [2.75, 3.05) is 0 Å². The van der Waals surface area contributed by atoms with Crippen molar-refractivity contribution in [3.05, 3.63) is 58.6 Å². The van der Waals surface area contributed by atoms with Gasteiger partial charge in [0.2, 0.25) is 0 Å². The molecule has 0 aliphatic heterocycles. The zero-order valence-corrected chi connectivity index (χ0v) is 12.8. The molecule has 0 unspecified atom stereocenters. The molecule has 2 nitrogen and oxygen atoms in total. The molecule has 0 bridgehead atoms. The van der Waals surface area contributed by atoms with Crippen LogP contribution < -0.4 is 5.73 Å². The molecule has 3 aromatic carbocycles. The minimum Gasteiger partial charge on any atom is -0.387 e. The molecule has 3 heteroatoms. The monoisotopic (exact) mass is 329 g/mol. The van der Waals surface area contributed by atoms with Gasteiger partial charge in [0.15, 0.2) is 0 Å². The maximum atomic E-state index is 10.5. The minimum atomic E-state index is -0.683. The summed E-state index contributed by atoms with van der Waals surface area (Å²) >= 11 is 3.69. The summed E-state index contributed by atoms with van der Waals surface area (Å²) in [5.74, 6) is 0. The van der Waals surface area contributed by atoms with E-state index >= 15 is 0 Å². The molecule has 20 heavy (non-hydrogen) atoms. The highest BCUT2D eigenvalue weighted by Crippen LogP contribution is 2.39. The first-order chi connectivity index (χ1) is 9.61. The van der Waals surface area contributed by atoms with Crippen LogP contribution >= 0.6 is 15.9 Å². The van der Waals surface area contributed by atoms with Crippen molar-refractivity contribution in [2.24, 2.45) is 5.73 Å². The summed E-state index contributed by atoms with van der Waals surface area (Å²) in [6.45, 7) is 1.83. The van der Waals surface area contributed by atoms with Crippen molar-refractivity contribution in [1.29, 1.82) is 0 Å². The number of benzene rings is 3. The Morgan fingerprint density at radius 1 is 0.900 bits per heavy atom. The highest BCUT2D eigenvalue weighted by Gasteiger charge is 2.20. The number of hydrogen-bond acceptors (Lipinski definition) is 2. The zero-order chi connectivity index (χ0) is 14.3. The van der Waals surface area contributed by atoms with Crippen molar-refractivity contribution in [1.82, 2.24) is 0 Å². The van der Waals surface area contributed by atoms with Gasteiger partial charge in [-0.25, -0.2) is 0 Å². The molecule has 3 aromatic rings. The minimum absolute atomic E-state index is 0.317. The topological polar surface area (TPSA) is 46.2 Å². The average molecular weight is 330 g/mol. The van der Waals surface area contributed by atoms with Gasteiger partial charge in [0, 0.05) is 10.5 Å². The molecule has 0 fully saturated rings. The van der Waals surface area contributed by atoms with Gasteiger partial charge < -0.3 is 10.8 Å². The van der Waals surface area contributed by atoms with Gasteiger partial charge in [-0.1, -0.05) is 48.5 Å². The van der Waals surface area contributed by atoms with Crippen LogP contribution in [0.2, 0.25) is 0 Å². The maximum Gasteiger partial charge on any atom is 0.0950 e. The quantitative estimate of drug-likeness (QED) is 0.694. The third-order valence-electron chi connectivity index (χ3n) is 3.70. The van der Waals surface area contributed by atoms with Gasteiger partial charge in [-0.05, 0) is 50.0 Å². The molecule has 2 atom stereocenters. The molecule has 0 aliphatic rings. The largest absolute Gasteiger partial charge is 0.387 e. The van der Waals surface area contributed by atoms with Crippen LogP contribution in [0.5, 0.6) is 0 Å². The highest BCUT2D eigenvalue weighted by atomic mass is 79.9. The molecule has 0 radical (unpaired) electrons. The van der Waals surface area contributed by atoms with Crippen LogP contribution in [0.15, 0.2) is 53.0 Å². The molecule has 0 saturated carbocycles. The summed E-state index contributed by atoms with van der Waals surface area (Å²) in [4.78, 5) is 0. The number of rotatable bonds is 2. The van der Waals surface area contributed by atoms with E-state index in [9.17, 15) is 5.11 Å². The molecule has 0 aliphatic carbocycles. The number of halogens is 1. The Morgan fingerprint density at radius 2 is 1.30 bits per heavy atom. The third kappa shape index (κ3) is 2.03. The summed E-state index contributed by atoms with van der Waals surface area (Å²) in [6.07, 6.45) is -0.683. The lowest BCUT2D eigenvalue weighted by Gasteiger charge is -2.21. The predicted octanol–water partition coefficient (Wildman–Crippen LogP) is 4.14. The van der Waals surface area contributed by atoms with Crippen LogP contribution in [0, 0.1) is 0 Å². The van der Waals surface area contributed by atoms with Crippen LogP contribution in [0.3, 0.4) is 0 Å². The number of nitrogens with two attached hydrogens (primary N) is 1. The standard InChI is InChI=1S/C17H16BrNO/c1-10(19)17(20)15-11-6-2-4-8-13(11)16(18)14-9-5-3-7-12(14)15/h2-10,17,20H,19H2,1H3/t10-,17-/m0/s1. The van der Waals surface area contributed by atoms with Crippen molar-refractivity contribution >= 4 is 37.5 Å². The number of aliphatic hydroxyl groups is 1.